The Morgan fingerprint density at radius 2 is 2.25 bits per heavy atom. The first-order valence-electron chi connectivity index (χ1n) is 5.23. The second kappa shape index (κ2) is 5.27. The van der Waals surface area contributed by atoms with Crippen LogP contribution in [-0.2, 0) is 9.53 Å². The maximum absolute atomic E-state index is 11.1. The van der Waals surface area contributed by atoms with E-state index >= 15 is 0 Å². The molecule has 16 heavy (non-hydrogen) atoms. The minimum absolute atomic E-state index is 0.164. The summed E-state index contributed by atoms with van der Waals surface area (Å²) in [6, 6.07) is 0. The molecular weight excluding hydrogens is 226 g/mol. The summed E-state index contributed by atoms with van der Waals surface area (Å²) < 4.78 is 4.65. The summed E-state index contributed by atoms with van der Waals surface area (Å²) >= 11 is 1.65. The highest BCUT2D eigenvalue weighted by Gasteiger charge is 2.20. The number of carbonyl (C=O) groups excluding carboxylic acids is 1. The number of nitrogens with zero attached hydrogens (tertiary/aromatic N) is 3. The zero-order valence-electron chi connectivity index (χ0n) is 9.26. The topological polar surface area (TPSA) is 45.7 Å². The second-order valence-electron chi connectivity index (χ2n) is 3.65. The molecule has 0 aromatic carbocycles. The highest BCUT2D eigenvalue weighted by molar-refractivity contribution is 7.13. The molecule has 0 N–H and O–H groups in total. The van der Waals surface area contributed by atoms with Gasteiger partial charge in [0.25, 0.3) is 0 Å². The van der Waals surface area contributed by atoms with Crippen LogP contribution in [0, 0.1) is 0 Å². The highest BCUT2D eigenvalue weighted by atomic mass is 32.1. The van der Waals surface area contributed by atoms with Gasteiger partial charge in [0.1, 0.15) is 0 Å². The molecule has 0 amide bonds. The summed E-state index contributed by atoms with van der Waals surface area (Å²) in [6.45, 7) is 4.00. The summed E-state index contributed by atoms with van der Waals surface area (Å²) in [6.07, 6.45) is 1.82. The monoisotopic (exact) mass is 241 g/mol. The van der Waals surface area contributed by atoms with Crippen molar-refractivity contribution >= 4 is 22.4 Å². The zero-order valence-corrected chi connectivity index (χ0v) is 10.1. The lowest BCUT2D eigenvalue weighted by molar-refractivity contribution is -0.142. The van der Waals surface area contributed by atoms with Crippen molar-refractivity contribution < 1.29 is 9.53 Å². The molecule has 1 saturated heterocycles. The number of carbonyl (C=O) groups is 1. The number of thiazole rings is 1. The van der Waals surface area contributed by atoms with E-state index in [9.17, 15) is 4.79 Å². The van der Waals surface area contributed by atoms with Gasteiger partial charge in [-0.2, -0.15) is 0 Å². The van der Waals surface area contributed by atoms with E-state index in [2.05, 4.69) is 19.5 Å². The summed E-state index contributed by atoms with van der Waals surface area (Å²) in [5, 5.41) is 3.05. The second-order valence-corrected chi connectivity index (χ2v) is 4.53. The van der Waals surface area contributed by atoms with Gasteiger partial charge in [-0.05, 0) is 0 Å². The smallest absolute Gasteiger partial charge is 0.319 e. The lowest BCUT2D eigenvalue weighted by Crippen LogP contribution is -2.48. The van der Waals surface area contributed by atoms with Crippen LogP contribution in [0.15, 0.2) is 11.6 Å². The van der Waals surface area contributed by atoms with E-state index in [1.165, 1.54) is 7.11 Å². The van der Waals surface area contributed by atoms with Crippen LogP contribution in [0.1, 0.15) is 0 Å². The van der Waals surface area contributed by atoms with Crippen molar-refractivity contribution in [3.8, 4) is 0 Å². The first kappa shape index (κ1) is 11.3. The Morgan fingerprint density at radius 3 is 2.81 bits per heavy atom. The van der Waals surface area contributed by atoms with Crippen LogP contribution in [-0.4, -0.2) is 55.7 Å². The molecule has 1 aliphatic heterocycles. The molecule has 0 aliphatic carbocycles. The van der Waals surface area contributed by atoms with Gasteiger partial charge in [-0.1, -0.05) is 0 Å². The molecule has 0 radical (unpaired) electrons. The molecule has 5 nitrogen and oxygen atoms in total. The van der Waals surface area contributed by atoms with E-state index in [0.717, 1.165) is 31.3 Å². The quantitative estimate of drug-likeness (QED) is 0.719. The predicted molar refractivity (Wildman–Crippen MR) is 62.8 cm³/mol. The van der Waals surface area contributed by atoms with Crippen LogP contribution in [0.25, 0.3) is 0 Å². The van der Waals surface area contributed by atoms with Gasteiger partial charge in [0.2, 0.25) is 0 Å². The van der Waals surface area contributed by atoms with E-state index in [-0.39, 0.29) is 5.97 Å². The molecule has 6 heteroatoms. The third-order valence-electron chi connectivity index (χ3n) is 2.64. The molecular formula is C10H15N3O2S. The number of ether oxygens (including phenoxy) is 1. The summed E-state index contributed by atoms with van der Waals surface area (Å²) in [5.74, 6) is -0.164. The third-order valence-corrected chi connectivity index (χ3v) is 3.47. The zero-order chi connectivity index (χ0) is 11.4. The number of methoxy groups -OCH3 is 1. The van der Waals surface area contributed by atoms with Crippen molar-refractivity contribution in [2.45, 2.75) is 0 Å². The van der Waals surface area contributed by atoms with Crippen molar-refractivity contribution in [2.24, 2.45) is 0 Å². The largest absolute Gasteiger partial charge is 0.468 e. The van der Waals surface area contributed by atoms with Gasteiger partial charge in [0.05, 0.1) is 13.7 Å². The van der Waals surface area contributed by atoms with E-state index in [1.807, 2.05) is 11.6 Å². The summed E-state index contributed by atoms with van der Waals surface area (Å²) in [5.41, 5.74) is 0. The maximum Gasteiger partial charge on any atom is 0.319 e. The highest BCUT2D eigenvalue weighted by Crippen LogP contribution is 2.18. The Labute approximate surface area is 98.6 Å². The van der Waals surface area contributed by atoms with Crippen molar-refractivity contribution in [2.75, 3.05) is 44.7 Å². The number of anilines is 1. The van der Waals surface area contributed by atoms with Crippen LogP contribution in [0.5, 0.6) is 0 Å². The lowest BCUT2D eigenvalue weighted by atomic mass is 10.3. The number of aromatic nitrogens is 1. The van der Waals surface area contributed by atoms with Crippen molar-refractivity contribution in [3.05, 3.63) is 11.6 Å². The fourth-order valence-corrected chi connectivity index (χ4v) is 2.41. The van der Waals surface area contributed by atoms with Crippen LogP contribution in [0.4, 0.5) is 5.13 Å². The molecule has 2 rings (SSSR count). The van der Waals surface area contributed by atoms with Crippen molar-refractivity contribution in [3.63, 3.8) is 0 Å². The number of piperazine rings is 1. The molecule has 1 aromatic heterocycles. The fraction of sp³-hybridized carbons (Fsp3) is 0.600. The van der Waals surface area contributed by atoms with Gasteiger partial charge in [-0.25, -0.2) is 4.98 Å². The average molecular weight is 241 g/mol. The molecule has 0 spiro atoms. The number of rotatable bonds is 3. The Morgan fingerprint density at radius 1 is 1.50 bits per heavy atom. The average Bonchev–Trinajstić information content (AvgIpc) is 2.83. The number of hydrogen-bond donors (Lipinski definition) is 0. The first-order valence-corrected chi connectivity index (χ1v) is 6.11. The minimum Gasteiger partial charge on any atom is -0.468 e. The molecule has 1 aromatic rings. The van der Waals surface area contributed by atoms with Gasteiger partial charge in [-0.3, -0.25) is 9.69 Å². The Kier molecular flexibility index (Phi) is 3.74. The lowest BCUT2D eigenvalue weighted by Gasteiger charge is -2.33. The number of esters is 1. The normalized spacial score (nSPS) is 17.4. The van der Waals surface area contributed by atoms with Crippen LogP contribution < -0.4 is 4.90 Å². The van der Waals surface area contributed by atoms with Crippen LogP contribution in [0.2, 0.25) is 0 Å². The molecule has 0 atom stereocenters. The molecule has 0 saturated carbocycles. The van der Waals surface area contributed by atoms with E-state index in [1.54, 1.807) is 11.3 Å². The molecule has 88 valence electrons. The Hall–Kier alpha value is -1.14. The van der Waals surface area contributed by atoms with Crippen molar-refractivity contribution in [1.82, 2.24) is 9.88 Å². The third kappa shape index (κ3) is 2.70. The van der Waals surface area contributed by atoms with Crippen molar-refractivity contribution in [1.29, 1.82) is 0 Å². The molecule has 2 heterocycles. The Balaban J connectivity index is 1.81. The minimum atomic E-state index is -0.164. The summed E-state index contributed by atoms with van der Waals surface area (Å²) in [7, 11) is 1.42. The first-order chi connectivity index (χ1) is 7.79. The van der Waals surface area contributed by atoms with Gasteiger partial charge in [0.15, 0.2) is 5.13 Å². The van der Waals surface area contributed by atoms with Crippen LogP contribution >= 0.6 is 11.3 Å². The number of hydrogen-bond acceptors (Lipinski definition) is 6. The van der Waals surface area contributed by atoms with Gasteiger partial charge < -0.3 is 9.64 Å². The fourth-order valence-electron chi connectivity index (χ4n) is 1.72. The molecule has 1 fully saturated rings. The molecule has 0 unspecified atom stereocenters. The van der Waals surface area contributed by atoms with E-state index < -0.39 is 0 Å². The standard InChI is InChI=1S/C10H15N3O2S/c1-15-9(14)8-12-3-5-13(6-4-12)10-11-2-7-16-10/h2,7H,3-6,8H2,1H3. The van der Waals surface area contributed by atoms with Crippen LogP contribution in [0.3, 0.4) is 0 Å². The Bertz CT molecular complexity index is 334. The van der Waals surface area contributed by atoms with E-state index in [0.29, 0.717) is 6.54 Å². The van der Waals surface area contributed by atoms with Gasteiger partial charge >= 0.3 is 5.97 Å². The van der Waals surface area contributed by atoms with Gasteiger partial charge in [0, 0.05) is 37.8 Å². The molecule has 0 bridgehead atoms. The molecule has 1 aliphatic rings. The van der Waals surface area contributed by atoms with Gasteiger partial charge in [-0.15, -0.1) is 11.3 Å². The van der Waals surface area contributed by atoms with E-state index in [4.69, 9.17) is 0 Å². The SMILES string of the molecule is COC(=O)CN1CCN(c2nccs2)CC1. The summed E-state index contributed by atoms with van der Waals surface area (Å²) in [4.78, 5) is 19.7. The predicted octanol–water partition coefficient (Wildman–Crippen LogP) is 0.438. The maximum atomic E-state index is 11.1.